The van der Waals surface area contributed by atoms with Crippen molar-refractivity contribution in [2.75, 3.05) is 12.3 Å². The summed E-state index contributed by atoms with van der Waals surface area (Å²) in [5.41, 5.74) is 0.835. The number of aromatic nitrogens is 1. The van der Waals surface area contributed by atoms with Gasteiger partial charge in [-0.3, -0.25) is 0 Å². The van der Waals surface area contributed by atoms with E-state index in [0.717, 1.165) is 4.90 Å². The number of thioether (sulfide) groups is 1. The molecular formula is C18H17ClN2O3S2. The van der Waals surface area contributed by atoms with E-state index in [0.29, 0.717) is 16.8 Å². The normalized spacial score (nSPS) is 11.8. The molecule has 0 aliphatic heterocycles. The van der Waals surface area contributed by atoms with E-state index in [9.17, 15) is 13.5 Å². The van der Waals surface area contributed by atoms with E-state index >= 15 is 0 Å². The highest BCUT2D eigenvalue weighted by atomic mass is 35.5. The molecule has 1 heterocycles. The van der Waals surface area contributed by atoms with Crippen molar-refractivity contribution in [3.8, 4) is 5.75 Å². The summed E-state index contributed by atoms with van der Waals surface area (Å²) in [4.78, 5) is 5.01. The number of phenolic OH excluding ortho intramolecular Hbond substituents is 1. The van der Waals surface area contributed by atoms with E-state index in [-0.39, 0.29) is 22.0 Å². The number of phenols is 1. The lowest BCUT2D eigenvalue weighted by atomic mass is 10.2. The molecule has 0 aliphatic rings. The molecule has 0 bridgehead atoms. The summed E-state index contributed by atoms with van der Waals surface area (Å²) >= 11 is 7.73. The summed E-state index contributed by atoms with van der Waals surface area (Å²) in [7, 11) is -3.91. The third-order valence-corrected chi connectivity index (χ3v) is 6.50. The van der Waals surface area contributed by atoms with Crippen LogP contribution in [0.4, 0.5) is 0 Å². The summed E-state index contributed by atoms with van der Waals surface area (Å²) in [6.07, 6.45) is 0. The van der Waals surface area contributed by atoms with E-state index in [4.69, 9.17) is 11.6 Å². The Morgan fingerprint density at radius 2 is 1.92 bits per heavy atom. The number of pyridine rings is 1. The van der Waals surface area contributed by atoms with Crippen LogP contribution in [-0.4, -0.2) is 30.8 Å². The fourth-order valence-electron chi connectivity index (χ4n) is 2.45. The molecule has 3 aromatic rings. The molecule has 0 atom stereocenters. The lowest BCUT2D eigenvalue weighted by Crippen LogP contribution is -2.26. The molecule has 0 saturated carbocycles. The summed E-state index contributed by atoms with van der Waals surface area (Å²) in [5.74, 6) is 0.166. The second kappa shape index (κ2) is 7.84. The lowest BCUT2D eigenvalue weighted by molar-refractivity contribution is 0.463. The van der Waals surface area contributed by atoms with Gasteiger partial charge in [-0.25, -0.2) is 18.1 Å². The predicted molar refractivity (Wildman–Crippen MR) is 106 cm³/mol. The van der Waals surface area contributed by atoms with Gasteiger partial charge >= 0.3 is 0 Å². The van der Waals surface area contributed by atoms with Crippen molar-refractivity contribution in [2.45, 2.75) is 16.7 Å². The van der Waals surface area contributed by atoms with Crippen LogP contribution >= 0.6 is 23.4 Å². The molecule has 8 heteroatoms. The zero-order valence-corrected chi connectivity index (χ0v) is 16.3. The van der Waals surface area contributed by atoms with Crippen LogP contribution in [0.15, 0.2) is 58.3 Å². The van der Waals surface area contributed by atoms with Crippen molar-refractivity contribution in [1.82, 2.24) is 9.71 Å². The number of hydrogen-bond donors (Lipinski definition) is 2. The predicted octanol–water partition coefficient (Wildman–Crippen LogP) is 3.97. The molecule has 0 fully saturated rings. The smallest absolute Gasteiger partial charge is 0.244 e. The van der Waals surface area contributed by atoms with Gasteiger partial charge in [0.05, 0.1) is 5.02 Å². The van der Waals surface area contributed by atoms with Gasteiger partial charge in [0, 0.05) is 28.3 Å². The molecule has 136 valence electrons. The number of hydrogen-bond acceptors (Lipinski definition) is 5. The summed E-state index contributed by atoms with van der Waals surface area (Å²) < 4.78 is 27.7. The van der Waals surface area contributed by atoms with Gasteiger partial charge in [0.2, 0.25) is 10.0 Å². The molecule has 0 aliphatic carbocycles. The van der Waals surface area contributed by atoms with Gasteiger partial charge in [0.25, 0.3) is 0 Å². The first kappa shape index (κ1) is 19.0. The van der Waals surface area contributed by atoms with Crippen LogP contribution in [0, 0.1) is 6.92 Å². The number of fused-ring (bicyclic) bond motifs is 1. The summed E-state index contributed by atoms with van der Waals surface area (Å²) in [5, 5.41) is 11.2. The van der Waals surface area contributed by atoms with Crippen LogP contribution in [0.2, 0.25) is 5.02 Å². The van der Waals surface area contributed by atoms with Crippen LogP contribution in [0.25, 0.3) is 10.9 Å². The zero-order chi connectivity index (χ0) is 18.7. The fraction of sp³-hybridized carbons (Fsp3) is 0.167. The molecule has 3 rings (SSSR count). The Morgan fingerprint density at radius 1 is 1.19 bits per heavy atom. The minimum absolute atomic E-state index is 0.177. The van der Waals surface area contributed by atoms with Crippen LogP contribution in [0.5, 0.6) is 5.75 Å². The maximum absolute atomic E-state index is 12.6. The van der Waals surface area contributed by atoms with Gasteiger partial charge in [-0.05, 0) is 37.3 Å². The molecular weight excluding hydrogens is 392 g/mol. The van der Waals surface area contributed by atoms with Crippen LogP contribution in [0.3, 0.4) is 0 Å². The molecule has 0 amide bonds. The number of benzene rings is 2. The average molecular weight is 409 g/mol. The van der Waals surface area contributed by atoms with Crippen molar-refractivity contribution in [1.29, 1.82) is 0 Å². The molecule has 1 aromatic heterocycles. The van der Waals surface area contributed by atoms with Gasteiger partial charge < -0.3 is 5.11 Å². The number of nitrogens with one attached hydrogen (secondary N) is 1. The van der Waals surface area contributed by atoms with Crippen molar-refractivity contribution >= 4 is 44.3 Å². The second-order valence-corrected chi connectivity index (χ2v) is 8.92. The zero-order valence-electron chi connectivity index (χ0n) is 13.9. The topological polar surface area (TPSA) is 79.3 Å². The van der Waals surface area contributed by atoms with Crippen molar-refractivity contribution in [3.05, 3.63) is 59.2 Å². The highest BCUT2D eigenvalue weighted by Gasteiger charge is 2.22. The molecule has 26 heavy (non-hydrogen) atoms. The first-order valence-corrected chi connectivity index (χ1v) is 10.7. The van der Waals surface area contributed by atoms with Crippen LogP contribution in [0.1, 0.15) is 5.69 Å². The van der Waals surface area contributed by atoms with Crippen LogP contribution in [-0.2, 0) is 10.0 Å². The third kappa shape index (κ3) is 4.12. The van der Waals surface area contributed by atoms with Crippen molar-refractivity contribution in [3.63, 3.8) is 0 Å². The highest BCUT2D eigenvalue weighted by molar-refractivity contribution is 7.99. The molecule has 0 saturated heterocycles. The Bertz CT molecular complexity index is 1040. The monoisotopic (exact) mass is 408 g/mol. The highest BCUT2D eigenvalue weighted by Crippen LogP contribution is 2.35. The molecule has 5 nitrogen and oxygen atoms in total. The third-order valence-electron chi connectivity index (χ3n) is 3.70. The van der Waals surface area contributed by atoms with Gasteiger partial charge in [-0.1, -0.05) is 29.8 Å². The molecule has 2 N–H and O–H groups in total. The van der Waals surface area contributed by atoms with Crippen molar-refractivity contribution < 1.29 is 13.5 Å². The molecule has 0 radical (unpaired) electrons. The van der Waals surface area contributed by atoms with Crippen molar-refractivity contribution in [2.24, 2.45) is 0 Å². The number of rotatable bonds is 6. The van der Waals surface area contributed by atoms with E-state index in [1.807, 2.05) is 30.3 Å². The maximum Gasteiger partial charge on any atom is 0.244 e. The number of halogens is 1. The minimum atomic E-state index is -3.91. The van der Waals surface area contributed by atoms with Gasteiger partial charge in [0.15, 0.2) is 5.75 Å². The Labute approximate surface area is 161 Å². The van der Waals surface area contributed by atoms with E-state index in [1.165, 1.54) is 6.07 Å². The Morgan fingerprint density at radius 3 is 2.65 bits per heavy atom. The standard InChI is InChI=1S/C18H17ClN2O3S2/c1-12-7-8-14-15(19)11-16(18(22)17(14)21-12)26(23,24)20-9-10-25-13-5-3-2-4-6-13/h2-8,11,20,22H,9-10H2,1H3. The largest absolute Gasteiger partial charge is 0.504 e. The SMILES string of the molecule is Cc1ccc2c(Cl)cc(S(=O)(=O)NCCSc3ccccc3)c(O)c2n1. The first-order valence-electron chi connectivity index (χ1n) is 7.85. The van der Waals surface area contributed by atoms with E-state index < -0.39 is 15.8 Å². The van der Waals surface area contributed by atoms with Gasteiger partial charge in [0.1, 0.15) is 10.4 Å². The van der Waals surface area contributed by atoms with Gasteiger partial charge in [-0.15, -0.1) is 11.8 Å². The second-order valence-electron chi connectivity index (χ2n) is 5.61. The summed E-state index contributed by atoms with van der Waals surface area (Å²) in [6.45, 7) is 1.98. The maximum atomic E-state index is 12.6. The number of aryl methyl sites for hydroxylation is 1. The Kier molecular flexibility index (Phi) is 5.72. The fourth-order valence-corrected chi connectivity index (χ4v) is 4.85. The lowest BCUT2D eigenvalue weighted by Gasteiger charge is -2.11. The molecule has 2 aromatic carbocycles. The Balaban J connectivity index is 1.79. The number of sulfonamides is 1. The first-order chi connectivity index (χ1) is 12.4. The number of nitrogens with zero attached hydrogens (tertiary/aromatic N) is 1. The Hall–Kier alpha value is -1.80. The quantitative estimate of drug-likeness (QED) is 0.476. The van der Waals surface area contributed by atoms with E-state index in [1.54, 1.807) is 30.8 Å². The molecule has 0 spiro atoms. The van der Waals surface area contributed by atoms with Gasteiger partial charge in [-0.2, -0.15) is 0 Å². The van der Waals surface area contributed by atoms with E-state index in [2.05, 4.69) is 9.71 Å². The average Bonchev–Trinajstić information content (AvgIpc) is 2.62. The minimum Gasteiger partial charge on any atom is -0.504 e. The van der Waals surface area contributed by atoms with Crippen LogP contribution < -0.4 is 4.72 Å². The molecule has 0 unspecified atom stereocenters. The summed E-state index contributed by atoms with van der Waals surface area (Å²) in [6, 6.07) is 14.4. The number of aromatic hydroxyl groups is 1.